The molecule has 56 heavy (non-hydrogen) atoms. The van der Waals surface area contributed by atoms with Crippen LogP contribution in [0.15, 0.2) is 194 Å². The van der Waals surface area contributed by atoms with Crippen LogP contribution in [-0.2, 0) is 0 Å². The Morgan fingerprint density at radius 2 is 0.768 bits per heavy atom. The van der Waals surface area contributed by atoms with E-state index >= 15 is 0 Å². The van der Waals surface area contributed by atoms with Crippen LogP contribution in [-0.4, -0.2) is 9.97 Å². The second kappa shape index (κ2) is 12.0. The Labute approximate surface area is 324 Å². The molecule has 10 aromatic carbocycles. The van der Waals surface area contributed by atoms with E-state index in [1.807, 2.05) is 0 Å². The molecule has 0 saturated carbocycles. The Balaban J connectivity index is 1.03. The molecule has 12 rings (SSSR count). The number of benzene rings is 10. The highest BCUT2D eigenvalue weighted by Gasteiger charge is 2.28. The predicted molar refractivity (Wildman–Crippen MR) is 236 cm³/mol. The SMILES string of the molecule is c1ccc(-c2nc(-c3ccc(-c4c5ccccc5c(-c5ccc6cc7ccccc7cc6c5)c5ccccc45)cc3)nc3c2-c2cccc4cccc-3c24)cc1. The first-order valence-electron chi connectivity index (χ1n) is 19.2. The van der Waals surface area contributed by atoms with Crippen molar-refractivity contribution in [1.29, 1.82) is 0 Å². The van der Waals surface area contributed by atoms with Gasteiger partial charge >= 0.3 is 0 Å². The molecule has 0 atom stereocenters. The van der Waals surface area contributed by atoms with E-state index in [9.17, 15) is 0 Å². The fourth-order valence-corrected chi connectivity index (χ4v) is 9.22. The summed E-state index contributed by atoms with van der Waals surface area (Å²) < 4.78 is 0. The highest BCUT2D eigenvalue weighted by atomic mass is 14.9. The molecule has 0 aliphatic heterocycles. The fraction of sp³-hybridized carbons (Fsp3) is 0. The quantitative estimate of drug-likeness (QED) is 0.170. The van der Waals surface area contributed by atoms with Gasteiger partial charge in [0.15, 0.2) is 5.82 Å². The van der Waals surface area contributed by atoms with E-state index < -0.39 is 0 Å². The lowest BCUT2D eigenvalue weighted by Gasteiger charge is -2.18. The van der Waals surface area contributed by atoms with Crippen molar-refractivity contribution < 1.29 is 0 Å². The third-order valence-electron chi connectivity index (χ3n) is 11.7. The Kier molecular flexibility index (Phi) is 6.66. The van der Waals surface area contributed by atoms with Crippen molar-refractivity contribution in [3.8, 4) is 67.3 Å². The monoisotopic (exact) mass is 708 g/mol. The summed E-state index contributed by atoms with van der Waals surface area (Å²) >= 11 is 0. The average Bonchev–Trinajstić information content (AvgIpc) is 3.59. The summed E-state index contributed by atoms with van der Waals surface area (Å²) in [6.07, 6.45) is 0. The molecule has 1 heterocycles. The average molecular weight is 709 g/mol. The zero-order valence-electron chi connectivity index (χ0n) is 30.4. The van der Waals surface area contributed by atoms with E-state index in [0.717, 1.165) is 33.9 Å². The Bertz CT molecular complexity index is 3340. The van der Waals surface area contributed by atoms with Crippen molar-refractivity contribution in [1.82, 2.24) is 9.97 Å². The zero-order valence-corrected chi connectivity index (χ0v) is 30.4. The minimum atomic E-state index is 0.730. The smallest absolute Gasteiger partial charge is 0.160 e. The number of fused-ring (bicyclic) bond motifs is 7. The third-order valence-corrected chi connectivity index (χ3v) is 11.7. The van der Waals surface area contributed by atoms with Gasteiger partial charge in [-0.15, -0.1) is 0 Å². The summed E-state index contributed by atoms with van der Waals surface area (Å²) in [5.41, 5.74) is 12.4. The molecule has 258 valence electrons. The lowest BCUT2D eigenvalue weighted by Crippen LogP contribution is -1.97. The maximum absolute atomic E-state index is 5.33. The second-order valence-electron chi connectivity index (χ2n) is 14.9. The molecule has 2 nitrogen and oxygen atoms in total. The van der Waals surface area contributed by atoms with Crippen LogP contribution in [0.1, 0.15) is 0 Å². The highest BCUT2D eigenvalue weighted by molar-refractivity contribution is 6.22. The van der Waals surface area contributed by atoms with E-state index in [1.165, 1.54) is 87.2 Å². The van der Waals surface area contributed by atoms with Crippen LogP contribution in [0.2, 0.25) is 0 Å². The first-order valence-corrected chi connectivity index (χ1v) is 19.2. The van der Waals surface area contributed by atoms with Gasteiger partial charge in [-0.25, -0.2) is 9.97 Å². The number of aromatic nitrogens is 2. The van der Waals surface area contributed by atoms with Crippen LogP contribution in [0.25, 0.3) is 121 Å². The van der Waals surface area contributed by atoms with E-state index in [2.05, 4.69) is 194 Å². The van der Waals surface area contributed by atoms with Crippen LogP contribution >= 0.6 is 0 Å². The van der Waals surface area contributed by atoms with Crippen molar-refractivity contribution in [3.05, 3.63) is 194 Å². The van der Waals surface area contributed by atoms with Gasteiger partial charge in [-0.2, -0.15) is 0 Å². The maximum atomic E-state index is 5.33. The fourth-order valence-electron chi connectivity index (χ4n) is 9.22. The standard InChI is InChI=1S/C54H32N2/c1-2-12-35(13-3-1)52-51-46-22-10-16-33-17-11-23-47(49(33)46)53(51)56-54(55-52)36-26-24-34(25-27-36)48-42-18-6-8-20-44(42)50(45-21-9-7-19-43(45)48)40-29-28-39-30-37-14-4-5-15-38(37)31-41(39)32-40/h1-32H. The van der Waals surface area contributed by atoms with E-state index in [-0.39, 0.29) is 0 Å². The van der Waals surface area contributed by atoms with Crippen LogP contribution in [0.4, 0.5) is 0 Å². The van der Waals surface area contributed by atoms with Crippen LogP contribution in [0.3, 0.4) is 0 Å². The Morgan fingerprint density at radius 1 is 0.268 bits per heavy atom. The molecule has 0 fully saturated rings. The van der Waals surface area contributed by atoms with Gasteiger partial charge in [-0.3, -0.25) is 0 Å². The minimum absolute atomic E-state index is 0.730. The number of rotatable bonds is 4. The van der Waals surface area contributed by atoms with Gasteiger partial charge < -0.3 is 0 Å². The second-order valence-corrected chi connectivity index (χ2v) is 14.9. The molecule has 1 aliphatic rings. The van der Waals surface area contributed by atoms with Gasteiger partial charge in [0.1, 0.15) is 0 Å². The molecule has 2 heteroatoms. The molecular weight excluding hydrogens is 677 g/mol. The molecule has 1 aliphatic carbocycles. The first kappa shape index (κ1) is 31.0. The van der Waals surface area contributed by atoms with Crippen molar-refractivity contribution in [3.63, 3.8) is 0 Å². The van der Waals surface area contributed by atoms with Crippen molar-refractivity contribution in [2.75, 3.05) is 0 Å². The predicted octanol–water partition coefficient (Wildman–Crippen LogP) is 14.6. The summed E-state index contributed by atoms with van der Waals surface area (Å²) in [6, 6.07) is 70.4. The van der Waals surface area contributed by atoms with E-state index in [0.29, 0.717) is 0 Å². The summed E-state index contributed by atoms with van der Waals surface area (Å²) in [5.74, 6) is 0.730. The van der Waals surface area contributed by atoms with Crippen LogP contribution < -0.4 is 0 Å². The minimum Gasteiger partial charge on any atom is -0.227 e. The van der Waals surface area contributed by atoms with Gasteiger partial charge in [-0.1, -0.05) is 176 Å². The van der Waals surface area contributed by atoms with Crippen LogP contribution in [0.5, 0.6) is 0 Å². The lowest BCUT2D eigenvalue weighted by molar-refractivity contribution is 1.19. The van der Waals surface area contributed by atoms with E-state index in [4.69, 9.17) is 9.97 Å². The molecule has 1 aromatic heterocycles. The maximum Gasteiger partial charge on any atom is 0.160 e. The largest absolute Gasteiger partial charge is 0.227 e. The molecule has 0 spiro atoms. The van der Waals surface area contributed by atoms with Crippen LogP contribution in [0, 0.1) is 0 Å². The Hall–Kier alpha value is -7.42. The van der Waals surface area contributed by atoms with Crippen molar-refractivity contribution in [2.24, 2.45) is 0 Å². The number of hydrogen-bond donors (Lipinski definition) is 0. The molecule has 11 aromatic rings. The number of nitrogens with zero attached hydrogens (tertiary/aromatic N) is 2. The van der Waals surface area contributed by atoms with Crippen molar-refractivity contribution >= 4 is 53.9 Å². The van der Waals surface area contributed by atoms with Gasteiger partial charge in [0.2, 0.25) is 0 Å². The summed E-state index contributed by atoms with van der Waals surface area (Å²) in [4.78, 5) is 10.7. The molecule has 0 bridgehead atoms. The highest BCUT2D eigenvalue weighted by Crippen LogP contribution is 2.50. The summed E-state index contributed by atoms with van der Waals surface area (Å²) in [7, 11) is 0. The molecule has 0 radical (unpaired) electrons. The van der Waals surface area contributed by atoms with Gasteiger partial charge in [-0.05, 0) is 99.9 Å². The Morgan fingerprint density at radius 3 is 1.45 bits per heavy atom. The normalized spacial score (nSPS) is 11.9. The van der Waals surface area contributed by atoms with Gasteiger partial charge in [0, 0.05) is 22.3 Å². The summed E-state index contributed by atoms with van der Waals surface area (Å²) in [5, 5.41) is 12.5. The zero-order chi connectivity index (χ0) is 36.7. The molecule has 0 unspecified atom stereocenters. The molecule has 0 saturated heterocycles. The molecular formula is C54H32N2. The van der Waals surface area contributed by atoms with Gasteiger partial charge in [0.05, 0.1) is 11.4 Å². The number of hydrogen-bond acceptors (Lipinski definition) is 2. The first-order chi connectivity index (χ1) is 27.8. The topological polar surface area (TPSA) is 25.8 Å². The van der Waals surface area contributed by atoms with E-state index in [1.54, 1.807) is 0 Å². The lowest BCUT2D eigenvalue weighted by atomic mass is 9.85. The van der Waals surface area contributed by atoms with Gasteiger partial charge in [0.25, 0.3) is 0 Å². The molecule has 0 amide bonds. The summed E-state index contributed by atoms with van der Waals surface area (Å²) in [6.45, 7) is 0. The van der Waals surface area contributed by atoms with Crippen molar-refractivity contribution in [2.45, 2.75) is 0 Å². The molecule has 0 N–H and O–H groups in total. The third kappa shape index (κ3) is 4.63.